The highest BCUT2D eigenvalue weighted by molar-refractivity contribution is 6.07. The third-order valence-electron chi connectivity index (χ3n) is 15.5. The Bertz CT molecular complexity index is 3210. The van der Waals surface area contributed by atoms with E-state index in [0.717, 1.165) is 46.6 Å². The van der Waals surface area contributed by atoms with Crippen LogP contribution in [0.3, 0.4) is 0 Å². The number of rotatable bonds is 8. The van der Waals surface area contributed by atoms with E-state index >= 15 is 0 Å². The molecule has 448 valence electrons. The van der Waals surface area contributed by atoms with Crippen LogP contribution in [0.15, 0.2) is 72.8 Å². The van der Waals surface area contributed by atoms with Crippen LogP contribution < -0.4 is 26.6 Å². The third-order valence-corrected chi connectivity index (χ3v) is 15.5. The minimum atomic E-state index is -4.48. The lowest BCUT2D eigenvalue weighted by molar-refractivity contribution is -0.144. The average molecular weight is 1170 g/mol. The third kappa shape index (κ3) is 12.9. The predicted molar refractivity (Wildman–Crippen MR) is 292 cm³/mol. The van der Waals surface area contributed by atoms with Gasteiger partial charge < -0.3 is 46.1 Å². The first-order valence-corrected chi connectivity index (χ1v) is 26.1. The first-order chi connectivity index (χ1) is 38.1. The SMILES string of the molecule is C.C.CNC(=O)Nc1ccc2c(c1)CC[C@@]21OC(=O)N(CC(=O)N2C(C)CCC2c2ccc(C(F)(F)F)cc2C)C1=O.CNC(=O)Nc1ccc2c(c1)CC[C@@]21OC(=O)N(CC(=O)O)C1=O.Cc1cc(C(F)(F)F)ccc1C1CCC(C)N1. The number of amides is 9. The molecule has 4 unspecified atom stereocenters. The molecular formula is C58H68F6N8O11. The number of ether oxygens (including phenoxy) is 2. The quantitative estimate of drug-likeness (QED) is 0.0903. The van der Waals surface area contributed by atoms with Crippen LogP contribution in [-0.2, 0) is 65.0 Å². The maximum Gasteiger partial charge on any atom is 0.418 e. The lowest BCUT2D eigenvalue weighted by atomic mass is 9.94. The summed E-state index contributed by atoms with van der Waals surface area (Å²) >= 11 is 0. The number of carbonyl (C=O) groups excluding carboxylic acids is 7. The van der Waals surface area contributed by atoms with Gasteiger partial charge in [-0.15, -0.1) is 0 Å². The topological polar surface area (TPSA) is 245 Å². The van der Waals surface area contributed by atoms with Crippen molar-refractivity contribution < 1.29 is 79.3 Å². The molecule has 0 radical (unpaired) electrons. The molecule has 83 heavy (non-hydrogen) atoms. The van der Waals surface area contributed by atoms with Gasteiger partial charge in [-0.25, -0.2) is 29.0 Å². The van der Waals surface area contributed by atoms with E-state index < -0.39 is 95.7 Å². The lowest BCUT2D eigenvalue weighted by Gasteiger charge is -2.31. The number of halogens is 6. The number of alkyl halides is 6. The van der Waals surface area contributed by atoms with E-state index in [9.17, 15) is 64.7 Å². The monoisotopic (exact) mass is 1170 g/mol. The smallest absolute Gasteiger partial charge is 0.418 e. The van der Waals surface area contributed by atoms with Crippen LogP contribution in [-0.4, -0.2) is 107 Å². The standard InChI is InChI=1S/C28H29F3N4O5.C15H15N3O6.C13H16F3N.2CH4/c1-15-12-18(28(29,30)31)5-7-20(15)22-9-4-16(2)35(22)23(36)14-34-24(37)27(40-26(34)39)11-10-17-13-19(6-8-21(17)27)33-25(38)32-3;1-16-13(22)17-9-2-3-10-8(6-9)4-5-15(10)12(21)18(7-11(19)20)14(23)24-15;1-8-7-10(13(14,15)16)4-5-11(8)12-6-3-9(2)17-12;;/h5-8,12-13,16,22H,4,9-11,14H2,1-3H3,(H2,32,33,38);2-3,6H,4-5,7H2,1H3,(H,19,20)(H2,16,17,22);4-5,7,9,12,17H,3,6H2,1-2H3;2*1H4/t16?,22?,27-;15-;;;/m11.../s1. The molecule has 0 saturated carbocycles. The summed E-state index contributed by atoms with van der Waals surface area (Å²) in [7, 11) is 2.98. The summed E-state index contributed by atoms with van der Waals surface area (Å²) in [5.41, 5.74) is 1.99. The van der Waals surface area contributed by atoms with Gasteiger partial charge in [0.05, 0.1) is 17.2 Å². The molecule has 4 saturated heterocycles. The number of anilines is 2. The Balaban J connectivity index is 0.000000218. The van der Waals surface area contributed by atoms with Crippen LogP contribution in [0.4, 0.5) is 56.9 Å². The van der Waals surface area contributed by atoms with E-state index in [1.165, 1.54) is 32.3 Å². The average Bonchev–Trinajstić information content (AvgIpc) is 1.80. The number of hydrogen-bond donors (Lipinski definition) is 6. The largest absolute Gasteiger partial charge is 0.480 e. The first kappa shape index (κ1) is 64.0. The Morgan fingerprint density at radius 3 is 1.51 bits per heavy atom. The lowest BCUT2D eigenvalue weighted by Crippen LogP contribution is -2.46. The molecule has 4 aliphatic heterocycles. The van der Waals surface area contributed by atoms with Crippen molar-refractivity contribution in [2.24, 2.45) is 0 Å². The highest BCUT2D eigenvalue weighted by Gasteiger charge is 2.60. The molecule has 0 aromatic heterocycles. The van der Waals surface area contributed by atoms with Crippen molar-refractivity contribution in [3.8, 4) is 0 Å². The van der Waals surface area contributed by atoms with Crippen molar-refractivity contribution >= 4 is 59.3 Å². The predicted octanol–water partition coefficient (Wildman–Crippen LogP) is 10.4. The molecule has 4 aromatic carbocycles. The second-order valence-electron chi connectivity index (χ2n) is 20.8. The number of nitrogens with zero attached hydrogens (tertiary/aromatic N) is 3. The molecule has 4 heterocycles. The van der Waals surface area contributed by atoms with Crippen LogP contribution in [0.25, 0.3) is 0 Å². The number of carbonyl (C=O) groups is 8. The van der Waals surface area contributed by atoms with Gasteiger partial charge in [0.25, 0.3) is 11.8 Å². The maximum absolute atomic E-state index is 13.6. The number of imide groups is 2. The van der Waals surface area contributed by atoms with Crippen molar-refractivity contribution in [3.63, 3.8) is 0 Å². The van der Waals surface area contributed by atoms with Gasteiger partial charge in [0.1, 0.15) is 13.1 Å². The van der Waals surface area contributed by atoms with Crippen molar-refractivity contribution in [3.05, 3.63) is 128 Å². The molecule has 19 nitrogen and oxygen atoms in total. The zero-order valence-electron chi connectivity index (χ0n) is 44.9. The van der Waals surface area contributed by atoms with E-state index in [0.29, 0.717) is 75.8 Å². The number of hydrogen-bond acceptors (Lipinski definition) is 11. The Morgan fingerprint density at radius 2 is 1.10 bits per heavy atom. The Labute approximate surface area is 475 Å². The van der Waals surface area contributed by atoms with Gasteiger partial charge in [-0.1, -0.05) is 39.1 Å². The molecule has 4 fully saturated rings. The molecule has 9 amide bonds. The molecule has 10 rings (SSSR count). The molecule has 6 aliphatic rings. The van der Waals surface area contributed by atoms with Gasteiger partial charge in [-0.3, -0.25) is 19.2 Å². The summed E-state index contributed by atoms with van der Waals surface area (Å²) in [4.78, 5) is 101. The summed E-state index contributed by atoms with van der Waals surface area (Å²) in [6, 6.07) is 16.5. The molecular weight excluding hydrogens is 1100 g/mol. The minimum absolute atomic E-state index is 0. The van der Waals surface area contributed by atoms with Gasteiger partial charge in [0.2, 0.25) is 17.1 Å². The zero-order valence-corrected chi connectivity index (χ0v) is 44.9. The molecule has 6 N–H and O–H groups in total. The van der Waals surface area contributed by atoms with Crippen LogP contribution >= 0.6 is 0 Å². The summed E-state index contributed by atoms with van der Waals surface area (Å²) in [5, 5.41) is 22.4. The van der Waals surface area contributed by atoms with Crippen LogP contribution in [0, 0.1) is 13.8 Å². The molecule has 0 bridgehead atoms. The first-order valence-electron chi connectivity index (χ1n) is 26.1. The maximum atomic E-state index is 13.6. The summed E-state index contributed by atoms with van der Waals surface area (Å²) in [6.45, 7) is 5.99. The van der Waals surface area contributed by atoms with E-state index in [-0.39, 0.29) is 45.8 Å². The number of aliphatic carboxylic acids is 1. The number of carboxylic acids is 1. The fraction of sp³-hybridized carbons (Fsp3) is 0.448. The zero-order chi connectivity index (χ0) is 59.1. The van der Waals surface area contributed by atoms with Gasteiger partial charge in [0, 0.05) is 67.6 Å². The molecule has 6 atom stereocenters. The van der Waals surface area contributed by atoms with Gasteiger partial charge in [0.15, 0.2) is 0 Å². The molecule has 2 aliphatic carbocycles. The second-order valence-corrected chi connectivity index (χ2v) is 20.8. The minimum Gasteiger partial charge on any atom is -0.480 e. The number of fused-ring (bicyclic) bond motifs is 4. The fourth-order valence-electron chi connectivity index (χ4n) is 11.6. The van der Waals surface area contributed by atoms with Crippen molar-refractivity contribution in [1.82, 2.24) is 30.7 Å². The normalized spacial score (nSPS) is 23.0. The van der Waals surface area contributed by atoms with Crippen molar-refractivity contribution in [1.29, 1.82) is 0 Å². The van der Waals surface area contributed by atoms with Gasteiger partial charge in [-0.05, 0) is 148 Å². The number of carboxylic acid groups (broad SMARTS) is 1. The summed E-state index contributed by atoms with van der Waals surface area (Å²) in [6.07, 6.45) is -6.03. The van der Waals surface area contributed by atoms with E-state index in [1.54, 1.807) is 61.2 Å². The van der Waals surface area contributed by atoms with Crippen LogP contribution in [0.1, 0.15) is 135 Å². The van der Waals surface area contributed by atoms with Crippen molar-refractivity contribution in [2.45, 2.75) is 142 Å². The Kier molecular flexibility index (Phi) is 19.0. The van der Waals surface area contributed by atoms with Crippen LogP contribution in [0.2, 0.25) is 0 Å². The molecule has 25 heteroatoms. The second kappa shape index (κ2) is 24.7. The number of aryl methyl sites for hydroxylation is 4. The summed E-state index contributed by atoms with van der Waals surface area (Å²) < 4.78 is 88.0. The van der Waals surface area contributed by atoms with Crippen molar-refractivity contribution in [2.75, 3.05) is 37.8 Å². The van der Waals surface area contributed by atoms with E-state index in [2.05, 4.69) is 33.5 Å². The summed E-state index contributed by atoms with van der Waals surface area (Å²) in [5.74, 6) is -3.08. The Morgan fingerprint density at radius 1 is 0.639 bits per heavy atom. The van der Waals surface area contributed by atoms with E-state index in [4.69, 9.17) is 14.6 Å². The van der Waals surface area contributed by atoms with E-state index in [1.807, 2.05) is 6.92 Å². The highest BCUT2D eigenvalue weighted by Crippen LogP contribution is 2.48. The number of likely N-dealkylation sites (tertiary alicyclic amines) is 1. The van der Waals surface area contributed by atoms with Gasteiger partial charge in [-0.2, -0.15) is 26.3 Å². The number of nitrogens with one attached hydrogen (secondary N) is 5. The fourth-order valence-corrected chi connectivity index (χ4v) is 11.6. The molecule has 4 aromatic rings. The van der Waals surface area contributed by atoms with Crippen LogP contribution in [0.5, 0.6) is 0 Å². The van der Waals surface area contributed by atoms with Gasteiger partial charge >= 0.3 is 42.6 Å². The number of benzene rings is 4. The Hall–Kier alpha value is -8.22. The number of urea groups is 2. The highest BCUT2D eigenvalue weighted by atomic mass is 19.4. The molecule has 2 spiro atoms.